The molecule has 0 unspecified atom stereocenters. The monoisotopic (exact) mass is 611 g/mol. The molecule has 3 N–H and O–H groups in total. The Kier molecular flexibility index (Phi) is 8.17. The predicted molar refractivity (Wildman–Crippen MR) is 163 cm³/mol. The Labute approximate surface area is 255 Å². The van der Waals surface area contributed by atoms with Crippen molar-refractivity contribution in [1.29, 1.82) is 0 Å². The minimum Gasteiger partial charge on any atom is -0.495 e. The van der Waals surface area contributed by atoms with E-state index in [9.17, 15) is 19.1 Å². The Bertz CT molecular complexity index is 1580. The van der Waals surface area contributed by atoms with E-state index in [0.29, 0.717) is 24.5 Å². The van der Waals surface area contributed by atoms with Crippen LogP contribution in [0, 0.1) is 17.0 Å². The highest BCUT2D eigenvalue weighted by Gasteiger charge is 2.64. The number of nitrogens with zero attached hydrogens (tertiary/aromatic N) is 1. The second-order valence-corrected chi connectivity index (χ2v) is 12.9. The quantitative estimate of drug-likeness (QED) is 0.269. The fraction of sp³-hybridized carbons (Fsp3) is 0.394. The van der Waals surface area contributed by atoms with Crippen molar-refractivity contribution in [2.24, 2.45) is 5.41 Å². The van der Waals surface area contributed by atoms with E-state index in [1.165, 1.54) is 31.4 Å². The average Bonchev–Trinajstić information content (AvgIpc) is 3.44. The molecule has 3 aromatic rings. The van der Waals surface area contributed by atoms with Crippen LogP contribution >= 0.6 is 11.6 Å². The lowest BCUT2D eigenvalue weighted by Crippen LogP contribution is -2.48. The molecule has 43 heavy (non-hydrogen) atoms. The molecule has 1 saturated heterocycles. The van der Waals surface area contributed by atoms with Crippen molar-refractivity contribution >= 4 is 34.9 Å². The van der Waals surface area contributed by atoms with Crippen LogP contribution in [0.3, 0.4) is 0 Å². The van der Waals surface area contributed by atoms with Gasteiger partial charge in [0.05, 0.1) is 24.4 Å². The van der Waals surface area contributed by atoms with Gasteiger partial charge in [-0.15, -0.1) is 0 Å². The molecule has 1 amide bonds. The molecule has 0 radical (unpaired) electrons. The fourth-order valence-electron chi connectivity index (χ4n) is 7.09. The summed E-state index contributed by atoms with van der Waals surface area (Å²) in [5.41, 5.74) is 1.10. The Morgan fingerprint density at radius 2 is 1.91 bits per heavy atom. The highest BCUT2D eigenvalue weighted by molar-refractivity contribution is 6.30. The number of likely N-dealkylation sites (N-methyl/N-ethyl adjacent to an activating group) is 1. The Hall–Kier alpha value is -3.69. The third-order valence-corrected chi connectivity index (χ3v) is 8.97. The third-order valence-electron chi connectivity index (χ3n) is 8.74. The van der Waals surface area contributed by atoms with Crippen molar-refractivity contribution in [3.63, 3.8) is 0 Å². The number of anilines is 2. The minimum absolute atomic E-state index is 0.00194. The number of nitrogens with one attached hydrogen (secondary N) is 2. The number of hydrogen-bond donors (Lipinski definition) is 3. The van der Waals surface area contributed by atoms with Crippen molar-refractivity contribution < 1.29 is 28.2 Å². The number of carboxylic acid groups (broad SMARTS) is 1. The van der Waals surface area contributed by atoms with Crippen molar-refractivity contribution in [3.8, 4) is 5.75 Å². The summed E-state index contributed by atoms with van der Waals surface area (Å²) in [5, 5.41) is 16.4. The number of fused-ring (bicyclic) bond motifs is 2. The smallest absolute Gasteiger partial charge is 0.335 e. The van der Waals surface area contributed by atoms with E-state index in [-0.39, 0.29) is 34.0 Å². The summed E-state index contributed by atoms with van der Waals surface area (Å²) in [7, 11) is 1.38. The van der Waals surface area contributed by atoms with Gasteiger partial charge in [0.1, 0.15) is 5.75 Å². The second kappa shape index (κ2) is 11.4. The summed E-state index contributed by atoms with van der Waals surface area (Å²) >= 11 is 6.37. The normalized spacial score (nSPS) is 23.2. The Morgan fingerprint density at radius 1 is 1.16 bits per heavy atom. The highest BCUT2D eigenvalue weighted by Crippen LogP contribution is 2.59. The predicted octanol–water partition coefficient (Wildman–Crippen LogP) is 6.92. The fourth-order valence-corrected chi connectivity index (χ4v) is 7.26. The van der Waals surface area contributed by atoms with E-state index in [1.807, 2.05) is 19.1 Å². The highest BCUT2D eigenvalue weighted by atomic mass is 35.5. The van der Waals surface area contributed by atoms with Crippen LogP contribution < -0.4 is 15.4 Å². The van der Waals surface area contributed by atoms with Gasteiger partial charge in [0.25, 0.3) is 0 Å². The van der Waals surface area contributed by atoms with Gasteiger partial charge in [-0.1, -0.05) is 57.5 Å². The van der Waals surface area contributed by atoms with Crippen LogP contribution in [0.1, 0.15) is 61.5 Å². The minimum atomic E-state index is -1.13. The molecule has 0 bridgehead atoms. The van der Waals surface area contributed by atoms with Crippen LogP contribution in [0.2, 0.25) is 5.02 Å². The number of halogens is 3. The molecule has 1 spiro atoms. The van der Waals surface area contributed by atoms with Crippen LogP contribution in [-0.2, 0) is 10.2 Å². The van der Waals surface area contributed by atoms with Gasteiger partial charge in [-0.3, -0.25) is 9.69 Å². The van der Waals surface area contributed by atoms with Gasteiger partial charge < -0.3 is 20.5 Å². The van der Waals surface area contributed by atoms with E-state index in [0.717, 1.165) is 17.3 Å². The number of likely N-dealkylation sites (tertiary alicyclic amines) is 1. The molecule has 10 heteroatoms. The molecule has 2 heterocycles. The van der Waals surface area contributed by atoms with E-state index < -0.39 is 40.9 Å². The first-order valence-corrected chi connectivity index (χ1v) is 14.7. The van der Waals surface area contributed by atoms with Gasteiger partial charge in [0.15, 0.2) is 11.6 Å². The van der Waals surface area contributed by atoms with E-state index in [4.69, 9.17) is 16.3 Å². The second-order valence-electron chi connectivity index (χ2n) is 12.5. The topological polar surface area (TPSA) is 90.9 Å². The molecule has 2 aliphatic rings. The number of carbonyl (C=O) groups is 2. The number of amides is 1. The number of hydrogen-bond acceptors (Lipinski definition) is 5. The summed E-state index contributed by atoms with van der Waals surface area (Å²) < 4.78 is 36.2. The van der Waals surface area contributed by atoms with Crippen molar-refractivity contribution in [2.45, 2.75) is 57.5 Å². The van der Waals surface area contributed by atoms with E-state index >= 15 is 4.39 Å². The zero-order valence-corrected chi connectivity index (χ0v) is 25.6. The summed E-state index contributed by atoms with van der Waals surface area (Å²) in [6, 6.07) is 12.7. The van der Waals surface area contributed by atoms with Gasteiger partial charge in [0, 0.05) is 34.6 Å². The lowest BCUT2D eigenvalue weighted by Gasteiger charge is -2.41. The molecule has 4 atom stereocenters. The summed E-state index contributed by atoms with van der Waals surface area (Å²) in [6.45, 7) is 9.19. The number of benzene rings is 3. The maximum Gasteiger partial charge on any atom is 0.335 e. The molecule has 7 nitrogen and oxygen atoms in total. The van der Waals surface area contributed by atoms with Crippen molar-refractivity contribution in [2.75, 3.05) is 30.8 Å². The lowest BCUT2D eigenvalue weighted by molar-refractivity contribution is -0.121. The zero-order valence-electron chi connectivity index (χ0n) is 24.8. The largest absolute Gasteiger partial charge is 0.495 e. The lowest BCUT2D eigenvalue weighted by atomic mass is 9.63. The van der Waals surface area contributed by atoms with Crippen LogP contribution in [0.25, 0.3) is 0 Å². The van der Waals surface area contributed by atoms with Crippen LogP contribution in [0.15, 0.2) is 54.6 Å². The first-order valence-electron chi connectivity index (χ1n) is 14.3. The average molecular weight is 612 g/mol. The molecular weight excluding hydrogens is 576 g/mol. The number of rotatable bonds is 7. The van der Waals surface area contributed by atoms with Crippen LogP contribution in [0.5, 0.6) is 5.75 Å². The maximum atomic E-state index is 15.9. The molecule has 0 aromatic heterocycles. The van der Waals surface area contributed by atoms with Gasteiger partial charge >= 0.3 is 5.97 Å². The zero-order chi connectivity index (χ0) is 31.3. The standard InChI is InChI=1S/C33H36ClF2N3O4/c1-6-39-26(16-32(2,3)4)33(17-37-24-15-19(34)11-12-21(24)33)27(20-8-7-9-22(35)28(20)36)29(39)30(40)38-23-13-10-18(31(41)42)14-25(23)43-5/h7-15,26-27,29,37H,6,16-17H2,1-5H3,(H,38,40)(H,41,42)/t26-,27-,29+,33-/m0/s1. The Morgan fingerprint density at radius 3 is 2.56 bits per heavy atom. The van der Waals surface area contributed by atoms with E-state index in [2.05, 4.69) is 36.3 Å². The number of methoxy groups -OCH3 is 1. The van der Waals surface area contributed by atoms with Gasteiger partial charge in [-0.2, -0.15) is 0 Å². The molecule has 1 fully saturated rings. The Balaban J connectivity index is 1.73. The first-order chi connectivity index (χ1) is 20.3. The van der Waals surface area contributed by atoms with Gasteiger partial charge in [-0.05, 0) is 65.9 Å². The molecule has 0 saturated carbocycles. The molecule has 0 aliphatic carbocycles. The number of aromatic carboxylic acids is 1. The molecule has 228 valence electrons. The SMILES string of the molecule is CCN1[C@@H](CC(C)(C)C)[C@@]2(CNc3cc(Cl)ccc32)[C@@H](c2cccc(F)c2F)[C@@H]1C(=O)Nc1ccc(C(=O)O)cc1OC. The van der Waals surface area contributed by atoms with E-state index in [1.54, 1.807) is 12.1 Å². The number of carbonyl (C=O) groups excluding carboxylic acids is 1. The summed E-state index contributed by atoms with van der Waals surface area (Å²) in [6.07, 6.45) is 0.665. The van der Waals surface area contributed by atoms with Crippen LogP contribution in [-0.4, -0.2) is 54.2 Å². The number of carboxylic acids is 1. The number of ether oxygens (including phenoxy) is 1. The summed E-state index contributed by atoms with van der Waals surface area (Å²) in [4.78, 5) is 28.1. The molecule has 3 aromatic carbocycles. The summed E-state index contributed by atoms with van der Waals surface area (Å²) in [5.74, 6) is -4.16. The molecular formula is C33H36ClF2N3O4. The maximum absolute atomic E-state index is 15.9. The van der Waals surface area contributed by atoms with Crippen molar-refractivity contribution in [1.82, 2.24) is 4.90 Å². The first kappa shape index (κ1) is 30.8. The molecule has 5 rings (SSSR count). The third kappa shape index (κ3) is 5.33. The van der Waals surface area contributed by atoms with Gasteiger partial charge in [0.2, 0.25) is 5.91 Å². The van der Waals surface area contributed by atoms with Gasteiger partial charge in [-0.25, -0.2) is 13.6 Å². The van der Waals surface area contributed by atoms with Crippen molar-refractivity contribution in [3.05, 3.63) is 87.9 Å². The van der Waals surface area contributed by atoms with Crippen LogP contribution in [0.4, 0.5) is 20.2 Å². The molecule has 2 aliphatic heterocycles.